The molecule has 3 heteroatoms. The summed E-state index contributed by atoms with van der Waals surface area (Å²) >= 11 is 6.29. The average Bonchev–Trinajstić information content (AvgIpc) is 1.95. The lowest BCUT2D eigenvalue weighted by Crippen LogP contribution is -2.10. The highest BCUT2D eigenvalue weighted by Gasteiger charge is 2.13. The van der Waals surface area contributed by atoms with E-state index in [-0.39, 0.29) is 5.92 Å². The fourth-order valence-corrected chi connectivity index (χ4v) is 1.42. The van der Waals surface area contributed by atoms with Gasteiger partial charge in [-0.05, 0) is 12.2 Å². The van der Waals surface area contributed by atoms with Crippen LogP contribution < -0.4 is 0 Å². The maximum Gasteiger partial charge on any atom is 0.0927 e. The van der Waals surface area contributed by atoms with Crippen molar-refractivity contribution in [3.8, 4) is 0 Å². The summed E-state index contributed by atoms with van der Waals surface area (Å²) in [7, 11) is 0. The van der Waals surface area contributed by atoms with Crippen LogP contribution in [0.5, 0.6) is 0 Å². The molecule has 0 spiro atoms. The number of hydrogen-bond donors (Lipinski definition) is 0. The first-order valence-electron chi connectivity index (χ1n) is 2.96. The Bertz CT molecular complexity index is 248. The van der Waals surface area contributed by atoms with Crippen LogP contribution in [-0.2, 0) is 11.3 Å². The summed E-state index contributed by atoms with van der Waals surface area (Å²) in [5.41, 5.74) is 0. The molecule has 0 unspecified atom stereocenters. The van der Waals surface area contributed by atoms with E-state index in [4.69, 9.17) is 11.6 Å². The Kier molecular flexibility index (Phi) is 2.46. The highest BCUT2D eigenvalue weighted by Crippen LogP contribution is 2.20. The van der Waals surface area contributed by atoms with Gasteiger partial charge in [0.25, 0.3) is 0 Å². The Morgan fingerprint density at radius 3 is 2.90 bits per heavy atom. The van der Waals surface area contributed by atoms with Crippen LogP contribution in [0.4, 0.5) is 0 Å². The van der Waals surface area contributed by atoms with Gasteiger partial charge in [0.15, 0.2) is 0 Å². The molecule has 0 heterocycles. The maximum absolute atomic E-state index is 10.4. The molecule has 0 saturated heterocycles. The quantitative estimate of drug-likeness (QED) is 0.511. The second-order valence-corrected chi connectivity index (χ2v) is 3.19. The van der Waals surface area contributed by atoms with Gasteiger partial charge < -0.3 is 0 Å². The van der Waals surface area contributed by atoms with E-state index in [0.29, 0.717) is 11.3 Å². The van der Waals surface area contributed by atoms with Crippen LogP contribution in [0.15, 0.2) is 23.3 Å². The minimum atomic E-state index is 0.0918. The zero-order chi connectivity index (χ0) is 7.56. The topological polar surface area (TPSA) is 17.1 Å². The van der Waals surface area contributed by atoms with Crippen LogP contribution in [0, 0.1) is 5.92 Å². The standard InChI is InChI=1S/C7H7ClOS/c1-5-6(8)3-2-4-7(5)10-9/h2-5H,1H3/t5-/m0/s1. The third-order valence-electron chi connectivity index (χ3n) is 1.45. The molecular formula is C7H7ClOS. The second-order valence-electron chi connectivity index (χ2n) is 2.12. The normalized spacial score (nSPS) is 24.4. The van der Waals surface area contributed by atoms with Crippen molar-refractivity contribution in [2.24, 2.45) is 5.92 Å². The summed E-state index contributed by atoms with van der Waals surface area (Å²) < 4.78 is 10.4. The van der Waals surface area contributed by atoms with Crippen LogP contribution in [-0.4, -0.2) is 9.07 Å². The summed E-state index contributed by atoms with van der Waals surface area (Å²) in [6.07, 6.45) is 5.41. The van der Waals surface area contributed by atoms with Gasteiger partial charge in [0.1, 0.15) is 0 Å². The van der Waals surface area contributed by atoms with Gasteiger partial charge in [-0.3, -0.25) is 0 Å². The summed E-state index contributed by atoms with van der Waals surface area (Å²) in [4.78, 5) is 0.785. The van der Waals surface area contributed by atoms with Crippen LogP contribution >= 0.6 is 11.6 Å². The molecule has 0 aliphatic heterocycles. The molecule has 1 aliphatic rings. The van der Waals surface area contributed by atoms with Crippen molar-refractivity contribution >= 4 is 27.7 Å². The zero-order valence-corrected chi connectivity index (χ0v) is 7.08. The Hall–Kier alpha value is -0.340. The van der Waals surface area contributed by atoms with Crippen molar-refractivity contribution < 1.29 is 4.21 Å². The van der Waals surface area contributed by atoms with Crippen molar-refractivity contribution in [3.63, 3.8) is 0 Å². The highest BCUT2D eigenvalue weighted by atomic mass is 35.5. The summed E-state index contributed by atoms with van der Waals surface area (Å²) in [6, 6.07) is 0. The monoisotopic (exact) mass is 174 g/mol. The molecule has 1 atom stereocenters. The van der Waals surface area contributed by atoms with Crippen molar-refractivity contribution in [3.05, 3.63) is 23.3 Å². The van der Waals surface area contributed by atoms with Crippen LogP contribution in [0.3, 0.4) is 0 Å². The lowest BCUT2D eigenvalue weighted by molar-refractivity contribution is 0.700. The fourth-order valence-electron chi connectivity index (χ4n) is 0.759. The molecule has 1 nitrogen and oxygen atoms in total. The van der Waals surface area contributed by atoms with Gasteiger partial charge in [0, 0.05) is 11.0 Å². The largest absolute Gasteiger partial charge is 0.212 e. The molecule has 0 aromatic carbocycles. The van der Waals surface area contributed by atoms with E-state index in [1.54, 1.807) is 12.2 Å². The van der Waals surface area contributed by atoms with E-state index in [0.717, 1.165) is 9.90 Å². The molecule has 10 heavy (non-hydrogen) atoms. The van der Waals surface area contributed by atoms with E-state index in [1.807, 2.05) is 13.0 Å². The maximum atomic E-state index is 10.4. The van der Waals surface area contributed by atoms with E-state index >= 15 is 0 Å². The van der Waals surface area contributed by atoms with Gasteiger partial charge >= 0.3 is 0 Å². The molecule has 0 aromatic rings. The predicted octanol–water partition coefficient (Wildman–Crippen LogP) is 1.70. The number of allylic oxidation sites excluding steroid dienone is 4. The van der Waals surface area contributed by atoms with Crippen LogP contribution in [0.25, 0.3) is 0 Å². The molecule has 0 fully saturated rings. The Morgan fingerprint density at radius 2 is 2.40 bits per heavy atom. The molecular weight excluding hydrogens is 168 g/mol. The molecule has 54 valence electrons. The van der Waals surface area contributed by atoms with E-state index in [2.05, 4.69) is 0 Å². The Morgan fingerprint density at radius 1 is 1.70 bits per heavy atom. The first kappa shape index (κ1) is 7.76. The second kappa shape index (κ2) is 3.17. The molecule has 0 bridgehead atoms. The third kappa shape index (κ3) is 1.39. The molecule has 0 N–H and O–H groups in total. The molecule has 1 aliphatic carbocycles. The molecule has 0 aromatic heterocycles. The lowest BCUT2D eigenvalue weighted by atomic mass is 10.0. The number of hydrogen-bond acceptors (Lipinski definition) is 1. The first-order valence-corrected chi connectivity index (χ1v) is 4.08. The van der Waals surface area contributed by atoms with Gasteiger partial charge in [-0.25, -0.2) is 4.21 Å². The fraction of sp³-hybridized carbons (Fsp3) is 0.286. The summed E-state index contributed by atoms with van der Waals surface area (Å²) in [6.45, 7) is 1.92. The SMILES string of the molecule is C[C@H]1C(Cl)=CC=CC1=S=O. The van der Waals surface area contributed by atoms with Gasteiger partial charge in [-0.2, -0.15) is 0 Å². The number of halogens is 1. The number of rotatable bonds is 0. The van der Waals surface area contributed by atoms with Crippen molar-refractivity contribution in [1.29, 1.82) is 0 Å². The molecule has 1 rings (SSSR count). The zero-order valence-electron chi connectivity index (χ0n) is 5.50. The molecule has 0 radical (unpaired) electrons. The third-order valence-corrected chi connectivity index (χ3v) is 2.59. The van der Waals surface area contributed by atoms with Gasteiger partial charge in [-0.1, -0.05) is 24.6 Å². The Balaban J connectivity index is 3.00. The van der Waals surface area contributed by atoms with Crippen LogP contribution in [0.1, 0.15) is 6.92 Å². The minimum Gasteiger partial charge on any atom is -0.212 e. The summed E-state index contributed by atoms with van der Waals surface area (Å²) in [5.74, 6) is 0.0918. The lowest BCUT2D eigenvalue weighted by Gasteiger charge is -2.10. The van der Waals surface area contributed by atoms with Gasteiger partial charge in [-0.15, -0.1) is 0 Å². The van der Waals surface area contributed by atoms with Crippen molar-refractivity contribution in [2.45, 2.75) is 6.92 Å². The smallest absolute Gasteiger partial charge is 0.0927 e. The molecule has 0 amide bonds. The average molecular weight is 175 g/mol. The molecule has 0 saturated carbocycles. The minimum absolute atomic E-state index is 0.0918. The van der Waals surface area contributed by atoms with Crippen LogP contribution in [0.2, 0.25) is 0 Å². The van der Waals surface area contributed by atoms with E-state index in [1.165, 1.54) is 0 Å². The predicted molar refractivity (Wildman–Crippen MR) is 45.4 cm³/mol. The highest BCUT2D eigenvalue weighted by molar-refractivity contribution is 7.67. The Labute approximate surface area is 68.5 Å². The van der Waals surface area contributed by atoms with E-state index < -0.39 is 0 Å². The van der Waals surface area contributed by atoms with Crippen molar-refractivity contribution in [1.82, 2.24) is 0 Å². The first-order chi connectivity index (χ1) is 4.75. The van der Waals surface area contributed by atoms with Crippen molar-refractivity contribution in [2.75, 3.05) is 0 Å². The van der Waals surface area contributed by atoms with E-state index in [9.17, 15) is 4.21 Å². The van der Waals surface area contributed by atoms with Gasteiger partial charge in [0.2, 0.25) is 0 Å². The van der Waals surface area contributed by atoms with Gasteiger partial charge in [0.05, 0.1) is 16.1 Å². The summed E-state index contributed by atoms with van der Waals surface area (Å²) in [5, 5.41) is 0.737.